The lowest BCUT2D eigenvalue weighted by Gasteiger charge is -2.18. The SMILES string of the molecule is COc1ccc(Cn2cnc3c(N(C)c4ccc(OC)cc4)ncnc32)cc1. The lowest BCUT2D eigenvalue weighted by atomic mass is 10.2. The van der Waals surface area contributed by atoms with Crippen LogP contribution in [0.2, 0.25) is 0 Å². The molecule has 0 aliphatic heterocycles. The summed E-state index contributed by atoms with van der Waals surface area (Å²) in [6.07, 6.45) is 3.37. The molecule has 0 amide bonds. The van der Waals surface area contributed by atoms with Crippen LogP contribution in [0.15, 0.2) is 61.2 Å². The molecule has 2 heterocycles. The van der Waals surface area contributed by atoms with Crippen molar-refractivity contribution in [2.45, 2.75) is 6.54 Å². The zero-order valence-corrected chi connectivity index (χ0v) is 16.0. The van der Waals surface area contributed by atoms with Gasteiger partial charge in [-0.2, -0.15) is 0 Å². The van der Waals surface area contributed by atoms with Crippen molar-refractivity contribution in [1.82, 2.24) is 19.5 Å². The molecule has 0 saturated heterocycles. The Bertz CT molecular complexity index is 1070. The minimum Gasteiger partial charge on any atom is -0.497 e. The number of hydrogen-bond acceptors (Lipinski definition) is 6. The molecule has 2 aromatic heterocycles. The monoisotopic (exact) mass is 375 g/mol. The first-order chi connectivity index (χ1) is 13.7. The van der Waals surface area contributed by atoms with Gasteiger partial charge in [-0.1, -0.05) is 12.1 Å². The van der Waals surface area contributed by atoms with Crippen LogP contribution in [0.4, 0.5) is 11.5 Å². The van der Waals surface area contributed by atoms with Crippen molar-refractivity contribution >= 4 is 22.7 Å². The van der Waals surface area contributed by atoms with E-state index in [1.807, 2.05) is 65.0 Å². The highest BCUT2D eigenvalue weighted by Gasteiger charge is 2.15. The number of nitrogens with zero attached hydrogens (tertiary/aromatic N) is 5. The van der Waals surface area contributed by atoms with Gasteiger partial charge in [-0.3, -0.25) is 0 Å². The fourth-order valence-corrected chi connectivity index (χ4v) is 3.09. The zero-order valence-electron chi connectivity index (χ0n) is 16.0. The van der Waals surface area contributed by atoms with Crippen molar-refractivity contribution < 1.29 is 9.47 Å². The Hall–Kier alpha value is -3.61. The van der Waals surface area contributed by atoms with Gasteiger partial charge >= 0.3 is 0 Å². The molecule has 7 heteroatoms. The second kappa shape index (κ2) is 7.56. The lowest BCUT2D eigenvalue weighted by Crippen LogP contribution is -2.12. The molecule has 0 unspecified atom stereocenters. The Morgan fingerprint density at radius 3 is 2.14 bits per heavy atom. The Labute approximate surface area is 163 Å². The van der Waals surface area contributed by atoms with E-state index in [-0.39, 0.29) is 0 Å². The first kappa shape index (κ1) is 17.8. The van der Waals surface area contributed by atoms with Crippen molar-refractivity contribution in [3.63, 3.8) is 0 Å². The maximum Gasteiger partial charge on any atom is 0.165 e. The number of benzene rings is 2. The topological polar surface area (TPSA) is 65.3 Å². The summed E-state index contributed by atoms with van der Waals surface area (Å²) in [6, 6.07) is 15.8. The normalized spacial score (nSPS) is 10.8. The van der Waals surface area contributed by atoms with Crippen LogP contribution in [0.3, 0.4) is 0 Å². The van der Waals surface area contributed by atoms with Crippen LogP contribution in [0, 0.1) is 0 Å². The number of anilines is 2. The van der Waals surface area contributed by atoms with Gasteiger partial charge in [0.1, 0.15) is 17.8 Å². The first-order valence-corrected chi connectivity index (χ1v) is 8.86. The van der Waals surface area contributed by atoms with Crippen LogP contribution in [0.25, 0.3) is 11.2 Å². The van der Waals surface area contributed by atoms with E-state index in [9.17, 15) is 0 Å². The molecule has 0 N–H and O–H groups in total. The number of imidazole rings is 1. The number of ether oxygens (including phenoxy) is 2. The summed E-state index contributed by atoms with van der Waals surface area (Å²) in [5.74, 6) is 2.40. The van der Waals surface area contributed by atoms with Gasteiger partial charge in [-0.05, 0) is 42.0 Å². The van der Waals surface area contributed by atoms with E-state index in [0.29, 0.717) is 6.54 Å². The van der Waals surface area contributed by atoms with Gasteiger partial charge in [0.05, 0.1) is 27.1 Å². The fraction of sp³-hybridized carbons (Fsp3) is 0.190. The minimum absolute atomic E-state index is 0.670. The minimum atomic E-state index is 0.670. The van der Waals surface area contributed by atoms with Crippen LogP contribution in [-0.2, 0) is 6.54 Å². The molecule has 0 fully saturated rings. The van der Waals surface area contributed by atoms with Crippen molar-refractivity contribution in [2.75, 3.05) is 26.2 Å². The maximum atomic E-state index is 5.23. The molecule has 0 aliphatic carbocycles. The summed E-state index contributed by atoms with van der Waals surface area (Å²) >= 11 is 0. The summed E-state index contributed by atoms with van der Waals surface area (Å²) in [4.78, 5) is 15.5. The zero-order chi connectivity index (χ0) is 19.5. The van der Waals surface area contributed by atoms with Crippen LogP contribution in [0.1, 0.15) is 5.56 Å². The summed E-state index contributed by atoms with van der Waals surface area (Å²) in [6.45, 7) is 0.670. The van der Waals surface area contributed by atoms with Crippen molar-refractivity contribution in [3.05, 3.63) is 66.7 Å². The first-order valence-electron chi connectivity index (χ1n) is 8.86. The molecule has 4 rings (SSSR count). The van der Waals surface area contributed by atoms with E-state index >= 15 is 0 Å². The third-order valence-corrected chi connectivity index (χ3v) is 4.67. The molecular formula is C21H21N5O2. The van der Waals surface area contributed by atoms with Gasteiger partial charge in [0.15, 0.2) is 17.0 Å². The molecule has 0 saturated carbocycles. The lowest BCUT2D eigenvalue weighted by molar-refractivity contribution is 0.414. The van der Waals surface area contributed by atoms with Crippen LogP contribution >= 0.6 is 0 Å². The predicted octanol–water partition coefficient (Wildman–Crippen LogP) is 3.66. The number of rotatable bonds is 6. The van der Waals surface area contributed by atoms with E-state index in [1.165, 1.54) is 0 Å². The van der Waals surface area contributed by atoms with Gasteiger partial charge in [-0.15, -0.1) is 0 Å². The average molecular weight is 375 g/mol. The van der Waals surface area contributed by atoms with Gasteiger partial charge in [0, 0.05) is 12.7 Å². The molecule has 4 aromatic rings. The van der Waals surface area contributed by atoms with Gasteiger partial charge in [0.25, 0.3) is 0 Å². The summed E-state index contributed by atoms with van der Waals surface area (Å²) in [5.41, 5.74) is 3.68. The van der Waals surface area contributed by atoms with Crippen LogP contribution in [0.5, 0.6) is 11.5 Å². The summed E-state index contributed by atoms with van der Waals surface area (Å²) in [5, 5.41) is 0. The Balaban J connectivity index is 1.65. The maximum absolute atomic E-state index is 5.23. The van der Waals surface area contributed by atoms with Gasteiger partial charge in [-0.25, -0.2) is 15.0 Å². The molecule has 2 aromatic carbocycles. The standard InChI is InChI=1S/C21H21N5O2/c1-25(16-6-10-18(28-3)11-7-16)20-19-21(23-13-22-20)26(14-24-19)12-15-4-8-17(27-2)9-5-15/h4-11,13-14H,12H2,1-3H3. The molecule has 28 heavy (non-hydrogen) atoms. The largest absolute Gasteiger partial charge is 0.497 e. The molecule has 0 atom stereocenters. The fourth-order valence-electron chi connectivity index (χ4n) is 3.09. The summed E-state index contributed by atoms with van der Waals surface area (Å²) < 4.78 is 12.5. The molecule has 0 spiro atoms. The number of fused-ring (bicyclic) bond motifs is 1. The number of aromatic nitrogens is 4. The third kappa shape index (κ3) is 3.34. The van der Waals surface area contributed by atoms with E-state index in [1.54, 1.807) is 26.9 Å². The summed E-state index contributed by atoms with van der Waals surface area (Å²) in [7, 11) is 5.28. The molecular weight excluding hydrogens is 354 g/mol. The average Bonchev–Trinajstić information content (AvgIpc) is 3.17. The van der Waals surface area contributed by atoms with Crippen molar-refractivity contribution in [3.8, 4) is 11.5 Å². The van der Waals surface area contributed by atoms with E-state index in [2.05, 4.69) is 15.0 Å². The van der Waals surface area contributed by atoms with Crippen molar-refractivity contribution in [1.29, 1.82) is 0 Å². The second-order valence-electron chi connectivity index (χ2n) is 6.35. The van der Waals surface area contributed by atoms with Crippen LogP contribution < -0.4 is 14.4 Å². The molecule has 0 radical (unpaired) electrons. The van der Waals surface area contributed by atoms with Gasteiger partial charge in [0.2, 0.25) is 0 Å². The van der Waals surface area contributed by atoms with Crippen molar-refractivity contribution in [2.24, 2.45) is 0 Å². The Morgan fingerprint density at radius 2 is 1.50 bits per heavy atom. The molecule has 0 aliphatic rings. The molecule has 142 valence electrons. The van der Waals surface area contributed by atoms with E-state index < -0.39 is 0 Å². The van der Waals surface area contributed by atoms with E-state index in [4.69, 9.17) is 9.47 Å². The smallest absolute Gasteiger partial charge is 0.165 e. The van der Waals surface area contributed by atoms with Crippen LogP contribution in [-0.4, -0.2) is 40.8 Å². The highest BCUT2D eigenvalue weighted by Crippen LogP contribution is 2.28. The number of methoxy groups -OCH3 is 2. The van der Waals surface area contributed by atoms with Gasteiger partial charge < -0.3 is 18.9 Å². The highest BCUT2D eigenvalue weighted by molar-refractivity contribution is 5.86. The second-order valence-corrected chi connectivity index (χ2v) is 6.35. The predicted molar refractivity (Wildman–Crippen MR) is 108 cm³/mol. The van der Waals surface area contributed by atoms with E-state index in [0.717, 1.165) is 39.7 Å². The highest BCUT2D eigenvalue weighted by atomic mass is 16.5. The molecule has 7 nitrogen and oxygen atoms in total. The Kier molecular flexibility index (Phi) is 4.80. The third-order valence-electron chi connectivity index (χ3n) is 4.67. The quantitative estimate of drug-likeness (QED) is 0.512. The number of hydrogen-bond donors (Lipinski definition) is 0. The molecule has 0 bridgehead atoms. The Morgan fingerprint density at radius 1 is 0.857 bits per heavy atom.